The topological polar surface area (TPSA) is 53.9 Å². The van der Waals surface area contributed by atoms with Crippen LogP contribution in [0, 0.1) is 5.82 Å². The van der Waals surface area contributed by atoms with E-state index in [0.717, 1.165) is 25.9 Å². The second-order valence-electron chi connectivity index (χ2n) is 4.87. The maximum Gasteiger partial charge on any atom is 0.231 e. The maximum atomic E-state index is 13.6. The van der Waals surface area contributed by atoms with Crippen molar-refractivity contribution in [3.05, 3.63) is 40.9 Å². The fourth-order valence-corrected chi connectivity index (χ4v) is 2.45. The van der Waals surface area contributed by atoms with Gasteiger partial charge < -0.3 is 10.2 Å². The zero-order chi connectivity index (χ0) is 14.7. The van der Waals surface area contributed by atoms with Crippen molar-refractivity contribution in [1.82, 2.24) is 15.0 Å². The van der Waals surface area contributed by atoms with Crippen LogP contribution in [0.5, 0.6) is 0 Å². The van der Waals surface area contributed by atoms with Gasteiger partial charge in [-0.3, -0.25) is 0 Å². The van der Waals surface area contributed by atoms with Gasteiger partial charge in [-0.1, -0.05) is 18.2 Å². The van der Waals surface area contributed by atoms with Crippen LogP contribution in [0.25, 0.3) is 0 Å². The van der Waals surface area contributed by atoms with E-state index in [9.17, 15) is 4.39 Å². The molecule has 0 unspecified atom stereocenters. The Bertz CT molecular complexity index is 631. The van der Waals surface area contributed by atoms with Gasteiger partial charge in [0, 0.05) is 25.2 Å². The fraction of sp³-hybridized carbons (Fsp3) is 0.357. The van der Waals surface area contributed by atoms with Crippen LogP contribution < -0.4 is 10.2 Å². The van der Waals surface area contributed by atoms with E-state index >= 15 is 0 Å². The molecule has 0 bridgehead atoms. The standard InChI is InChI=1S/C14H15ClFN5/c15-12-18-13(17-9-10-5-1-2-6-11(10)16)20-14(19-12)21-7-3-4-8-21/h1-2,5-6H,3-4,7-9H2,(H,17,18,19,20). The summed E-state index contributed by atoms with van der Waals surface area (Å²) in [5.74, 6) is 0.675. The van der Waals surface area contributed by atoms with Crippen LogP contribution in [-0.4, -0.2) is 28.0 Å². The smallest absolute Gasteiger partial charge is 0.231 e. The van der Waals surface area contributed by atoms with Gasteiger partial charge in [0.1, 0.15) is 5.82 Å². The molecule has 1 aliphatic heterocycles. The minimum atomic E-state index is -0.259. The number of hydrogen-bond acceptors (Lipinski definition) is 5. The van der Waals surface area contributed by atoms with Crippen molar-refractivity contribution in [3.63, 3.8) is 0 Å². The number of benzene rings is 1. The van der Waals surface area contributed by atoms with Crippen LogP contribution in [-0.2, 0) is 6.54 Å². The van der Waals surface area contributed by atoms with Crippen LogP contribution in [0.4, 0.5) is 16.3 Å². The van der Waals surface area contributed by atoms with Crippen molar-refractivity contribution in [1.29, 1.82) is 0 Å². The third-order valence-corrected chi connectivity index (χ3v) is 3.55. The maximum absolute atomic E-state index is 13.6. The number of nitrogens with one attached hydrogen (secondary N) is 1. The average Bonchev–Trinajstić information content (AvgIpc) is 3.00. The Morgan fingerprint density at radius 2 is 1.90 bits per heavy atom. The Morgan fingerprint density at radius 1 is 1.14 bits per heavy atom. The summed E-state index contributed by atoms with van der Waals surface area (Å²) in [6, 6.07) is 6.58. The Morgan fingerprint density at radius 3 is 2.67 bits per heavy atom. The molecule has 1 aromatic heterocycles. The van der Waals surface area contributed by atoms with Crippen molar-refractivity contribution in [2.45, 2.75) is 19.4 Å². The zero-order valence-corrected chi connectivity index (χ0v) is 12.1. The predicted octanol–water partition coefficient (Wildman–Crippen LogP) is 2.88. The van der Waals surface area contributed by atoms with E-state index in [2.05, 4.69) is 25.2 Å². The van der Waals surface area contributed by atoms with Crippen molar-refractivity contribution >= 4 is 23.5 Å². The summed E-state index contributed by atoms with van der Waals surface area (Å²) in [7, 11) is 0. The molecule has 1 aliphatic rings. The lowest BCUT2D eigenvalue weighted by Crippen LogP contribution is -2.21. The Hall–Kier alpha value is -1.95. The number of aromatic nitrogens is 3. The summed E-state index contributed by atoms with van der Waals surface area (Å²) in [5, 5.41) is 3.13. The monoisotopic (exact) mass is 307 g/mol. The molecule has 0 saturated carbocycles. The van der Waals surface area contributed by atoms with E-state index in [1.165, 1.54) is 6.07 Å². The molecule has 0 atom stereocenters. The van der Waals surface area contributed by atoms with Gasteiger partial charge >= 0.3 is 0 Å². The molecular weight excluding hydrogens is 293 g/mol. The van der Waals surface area contributed by atoms with Crippen LogP contribution in [0.1, 0.15) is 18.4 Å². The zero-order valence-electron chi connectivity index (χ0n) is 11.4. The van der Waals surface area contributed by atoms with Crippen LogP contribution >= 0.6 is 11.6 Å². The van der Waals surface area contributed by atoms with Gasteiger partial charge in [0.05, 0.1) is 0 Å². The molecule has 2 aromatic rings. The molecule has 0 aliphatic carbocycles. The van der Waals surface area contributed by atoms with Crippen molar-refractivity contribution in [2.75, 3.05) is 23.3 Å². The highest BCUT2D eigenvalue weighted by Gasteiger charge is 2.17. The molecule has 110 valence electrons. The number of hydrogen-bond donors (Lipinski definition) is 1. The number of rotatable bonds is 4. The second-order valence-corrected chi connectivity index (χ2v) is 5.21. The van der Waals surface area contributed by atoms with Crippen molar-refractivity contribution in [2.24, 2.45) is 0 Å². The molecule has 2 heterocycles. The first-order chi connectivity index (χ1) is 10.2. The van der Waals surface area contributed by atoms with Crippen LogP contribution in [0.2, 0.25) is 5.28 Å². The van der Waals surface area contributed by atoms with E-state index in [4.69, 9.17) is 11.6 Å². The van der Waals surface area contributed by atoms with Gasteiger partial charge in [0.2, 0.25) is 17.2 Å². The number of anilines is 2. The van der Waals surface area contributed by atoms with E-state index in [1.807, 2.05) is 0 Å². The highest BCUT2D eigenvalue weighted by atomic mass is 35.5. The lowest BCUT2D eigenvalue weighted by Gasteiger charge is -2.15. The summed E-state index contributed by atoms with van der Waals surface area (Å²) >= 11 is 5.94. The molecule has 1 N–H and O–H groups in total. The third-order valence-electron chi connectivity index (χ3n) is 3.38. The quantitative estimate of drug-likeness (QED) is 0.941. The van der Waals surface area contributed by atoms with Gasteiger partial charge in [0.25, 0.3) is 0 Å². The first-order valence-electron chi connectivity index (χ1n) is 6.86. The van der Waals surface area contributed by atoms with E-state index in [-0.39, 0.29) is 11.1 Å². The summed E-state index contributed by atoms with van der Waals surface area (Å²) < 4.78 is 13.6. The van der Waals surface area contributed by atoms with Crippen LogP contribution in [0.3, 0.4) is 0 Å². The molecule has 0 amide bonds. The highest BCUT2D eigenvalue weighted by molar-refractivity contribution is 6.28. The summed E-state index contributed by atoms with van der Waals surface area (Å²) in [5.41, 5.74) is 0.553. The largest absolute Gasteiger partial charge is 0.350 e. The highest BCUT2D eigenvalue weighted by Crippen LogP contribution is 2.19. The molecule has 3 rings (SSSR count). The predicted molar refractivity (Wildman–Crippen MR) is 80.0 cm³/mol. The Balaban J connectivity index is 1.74. The molecule has 1 fully saturated rings. The first-order valence-corrected chi connectivity index (χ1v) is 7.24. The molecule has 1 saturated heterocycles. The minimum Gasteiger partial charge on any atom is -0.350 e. The summed E-state index contributed by atoms with van der Waals surface area (Å²) in [6.07, 6.45) is 2.25. The molecule has 1 aromatic carbocycles. The average molecular weight is 308 g/mol. The van der Waals surface area contributed by atoms with Gasteiger partial charge in [-0.05, 0) is 30.5 Å². The molecular formula is C14H15ClFN5. The van der Waals surface area contributed by atoms with Crippen molar-refractivity contribution in [3.8, 4) is 0 Å². The van der Waals surface area contributed by atoms with Gasteiger partial charge in [-0.25, -0.2) is 4.39 Å². The number of halogens is 2. The molecule has 5 nitrogen and oxygen atoms in total. The summed E-state index contributed by atoms with van der Waals surface area (Å²) in [4.78, 5) is 14.6. The van der Waals surface area contributed by atoms with Gasteiger partial charge in [0.15, 0.2) is 0 Å². The molecule has 21 heavy (non-hydrogen) atoms. The molecule has 0 spiro atoms. The van der Waals surface area contributed by atoms with E-state index in [0.29, 0.717) is 24.0 Å². The van der Waals surface area contributed by atoms with Gasteiger partial charge in [-0.2, -0.15) is 15.0 Å². The van der Waals surface area contributed by atoms with E-state index in [1.54, 1.807) is 18.2 Å². The Labute approximate surface area is 127 Å². The lowest BCUT2D eigenvalue weighted by molar-refractivity contribution is 0.612. The first kappa shape index (κ1) is 14.0. The Kier molecular flexibility index (Phi) is 4.15. The normalized spacial score (nSPS) is 14.5. The van der Waals surface area contributed by atoms with Crippen LogP contribution in [0.15, 0.2) is 24.3 Å². The van der Waals surface area contributed by atoms with E-state index < -0.39 is 0 Å². The second kappa shape index (κ2) is 6.22. The fourth-order valence-electron chi connectivity index (χ4n) is 2.29. The molecule has 0 radical (unpaired) electrons. The van der Waals surface area contributed by atoms with Crippen molar-refractivity contribution < 1.29 is 4.39 Å². The SMILES string of the molecule is Fc1ccccc1CNc1nc(Cl)nc(N2CCCC2)n1. The third kappa shape index (κ3) is 3.39. The lowest BCUT2D eigenvalue weighted by atomic mass is 10.2. The minimum absolute atomic E-state index is 0.142. The molecule has 7 heteroatoms. The summed E-state index contributed by atoms with van der Waals surface area (Å²) in [6.45, 7) is 2.15. The van der Waals surface area contributed by atoms with Gasteiger partial charge in [-0.15, -0.1) is 0 Å². The number of nitrogens with zero attached hydrogens (tertiary/aromatic N) is 4.